The molecule has 8 heteroatoms. The van der Waals surface area contributed by atoms with Gasteiger partial charge in [-0.25, -0.2) is 9.78 Å². The van der Waals surface area contributed by atoms with E-state index < -0.39 is 5.97 Å². The van der Waals surface area contributed by atoms with Gasteiger partial charge in [-0.2, -0.15) is 0 Å². The predicted molar refractivity (Wildman–Crippen MR) is 124 cm³/mol. The highest BCUT2D eigenvalue weighted by Crippen LogP contribution is 2.44. The average molecular weight is 443 g/mol. The highest BCUT2D eigenvalue weighted by molar-refractivity contribution is 7.99. The number of nitrogens with one attached hydrogen (secondary N) is 1. The van der Waals surface area contributed by atoms with Gasteiger partial charge < -0.3 is 10.1 Å². The number of fused-ring (bicyclic) bond motifs is 3. The molecule has 158 valence electrons. The van der Waals surface area contributed by atoms with Crippen LogP contribution in [0.25, 0.3) is 33.3 Å². The van der Waals surface area contributed by atoms with Gasteiger partial charge in [-0.15, -0.1) is 10.2 Å². The van der Waals surface area contributed by atoms with Crippen molar-refractivity contribution in [2.45, 2.75) is 12.1 Å². The average Bonchev–Trinajstić information content (AvgIpc) is 3.13. The van der Waals surface area contributed by atoms with E-state index in [9.17, 15) is 9.59 Å². The Labute approximate surface area is 188 Å². The van der Waals surface area contributed by atoms with Crippen molar-refractivity contribution < 1.29 is 14.3 Å². The second-order valence-corrected chi connectivity index (χ2v) is 8.05. The summed E-state index contributed by atoms with van der Waals surface area (Å²) >= 11 is 1.19. The van der Waals surface area contributed by atoms with Gasteiger partial charge in [0, 0.05) is 16.5 Å². The van der Waals surface area contributed by atoms with Gasteiger partial charge in [0.2, 0.25) is 11.1 Å². The second kappa shape index (κ2) is 8.39. The van der Waals surface area contributed by atoms with Crippen LogP contribution in [0.15, 0.2) is 65.8 Å². The lowest BCUT2D eigenvalue weighted by molar-refractivity contribution is -0.113. The molecule has 4 aromatic rings. The zero-order chi connectivity index (χ0) is 22.1. The highest BCUT2D eigenvalue weighted by Gasteiger charge is 2.25. The second-order valence-electron chi connectivity index (χ2n) is 7.10. The van der Waals surface area contributed by atoms with Crippen molar-refractivity contribution >= 4 is 40.1 Å². The number of amides is 1. The molecular formula is C24H18N4O3S. The summed E-state index contributed by atoms with van der Waals surface area (Å²) in [6, 6.07) is 18.9. The number of benzene rings is 3. The maximum absolute atomic E-state index is 12.5. The number of rotatable bonds is 6. The van der Waals surface area contributed by atoms with Crippen molar-refractivity contribution in [1.29, 1.82) is 0 Å². The van der Waals surface area contributed by atoms with Crippen molar-refractivity contribution in [3.8, 4) is 22.5 Å². The van der Waals surface area contributed by atoms with Crippen molar-refractivity contribution in [3.05, 3.63) is 66.2 Å². The lowest BCUT2D eigenvalue weighted by atomic mass is 10.0. The van der Waals surface area contributed by atoms with Gasteiger partial charge in [0.25, 0.3) is 0 Å². The van der Waals surface area contributed by atoms with Crippen molar-refractivity contribution in [2.24, 2.45) is 0 Å². The highest BCUT2D eigenvalue weighted by atomic mass is 32.2. The Hall–Kier alpha value is -3.78. The van der Waals surface area contributed by atoms with Crippen molar-refractivity contribution in [2.75, 3.05) is 17.7 Å². The Kier molecular flexibility index (Phi) is 5.28. The van der Waals surface area contributed by atoms with Gasteiger partial charge in [-0.3, -0.25) is 4.79 Å². The number of aromatic nitrogens is 3. The lowest BCUT2D eigenvalue weighted by Gasteiger charge is -2.10. The number of hydrogen-bond donors (Lipinski definition) is 1. The number of carbonyl (C=O) groups excluding carboxylic acids is 2. The minimum atomic E-state index is -0.476. The quantitative estimate of drug-likeness (QED) is 0.304. The molecule has 1 N–H and O–H groups in total. The molecule has 0 bridgehead atoms. The summed E-state index contributed by atoms with van der Waals surface area (Å²) in [5.41, 5.74) is 4.31. The van der Waals surface area contributed by atoms with E-state index in [-0.39, 0.29) is 18.3 Å². The first-order valence-corrected chi connectivity index (χ1v) is 11.1. The van der Waals surface area contributed by atoms with Crippen LogP contribution >= 0.6 is 11.8 Å². The SMILES string of the molecule is CCOC(=O)c1ccccc1NC(=O)CSc1nnc2c(n1)-c1cccc3cccc-2c13. The zero-order valence-corrected chi connectivity index (χ0v) is 18.0. The number of ether oxygens (including phenoxy) is 1. The normalized spacial score (nSPS) is 11.3. The van der Waals surface area contributed by atoms with Gasteiger partial charge in [0.15, 0.2) is 0 Å². The summed E-state index contributed by atoms with van der Waals surface area (Å²) in [7, 11) is 0. The Balaban J connectivity index is 1.32. The number of hydrogen-bond acceptors (Lipinski definition) is 7. The van der Waals surface area contributed by atoms with E-state index >= 15 is 0 Å². The third-order valence-corrected chi connectivity index (χ3v) is 5.95. The molecule has 0 atom stereocenters. The lowest BCUT2D eigenvalue weighted by Crippen LogP contribution is -2.17. The fourth-order valence-corrected chi connectivity index (χ4v) is 4.36. The molecule has 1 heterocycles. The summed E-state index contributed by atoms with van der Waals surface area (Å²) in [4.78, 5) is 29.3. The Bertz CT molecular complexity index is 1370. The van der Waals surface area contributed by atoms with E-state index in [1.54, 1.807) is 31.2 Å². The molecule has 0 spiro atoms. The molecular weight excluding hydrogens is 424 g/mol. The van der Waals surface area contributed by atoms with Crippen LogP contribution in [0.2, 0.25) is 0 Å². The van der Waals surface area contributed by atoms with Crippen LogP contribution < -0.4 is 5.32 Å². The molecule has 0 radical (unpaired) electrons. The largest absolute Gasteiger partial charge is 0.462 e. The minimum absolute atomic E-state index is 0.0781. The molecule has 0 aliphatic heterocycles. The summed E-state index contributed by atoms with van der Waals surface area (Å²) in [5, 5.41) is 14.1. The van der Waals surface area contributed by atoms with E-state index in [2.05, 4.69) is 32.6 Å². The van der Waals surface area contributed by atoms with Crippen molar-refractivity contribution in [3.63, 3.8) is 0 Å². The maximum atomic E-state index is 12.5. The van der Waals surface area contributed by atoms with Crippen LogP contribution in [0.1, 0.15) is 17.3 Å². The van der Waals surface area contributed by atoms with Gasteiger partial charge >= 0.3 is 5.97 Å². The summed E-state index contributed by atoms with van der Waals surface area (Å²) in [6.45, 7) is 2.00. The zero-order valence-electron chi connectivity index (χ0n) is 17.2. The fourth-order valence-electron chi connectivity index (χ4n) is 3.77. The van der Waals surface area contributed by atoms with Crippen LogP contribution in [0.5, 0.6) is 0 Å². The molecule has 32 heavy (non-hydrogen) atoms. The van der Waals surface area contributed by atoms with Crippen LogP contribution in [-0.4, -0.2) is 39.4 Å². The number of carbonyl (C=O) groups is 2. The molecule has 0 fully saturated rings. The fraction of sp³-hybridized carbons (Fsp3) is 0.125. The van der Waals surface area contributed by atoms with Gasteiger partial charge in [0.05, 0.1) is 23.6 Å². The molecule has 0 saturated carbocycles. The molecule has 1 amide bonds. The Morgan fingerprint density at radius 3 is 2.47 bits per heavy atom. The molecule has 1 aliphatic carbocycles. The van der Waals surface area contributed by atoms with E-state index in [1.807, 2.05) is 24.3 Å². The summed E-state index contributed by atoms with van der Waals surface area (Å²) in [6.07, 6.45) is 0. The first-order valence-electron chi connectivity index (χ1n) is 10.1. The van der Waals surface area contributed by atoms with Crippen LogP contribution in [0.3, 0.4) is 0 Å². The molecule has 1 aromatic heterocycles. The number of nitrogens with zero attached hydrogens (tertiary/aromatic N) is 3. The molecule has 0 unspecified atom stereocenters. The topological polar surface area (TPSA) is 94.1 Å². The van der Waals surface area contributed by atoms with Crippen LogP contribution in [0, 0.1) is 0 Å². The summed E-state index contributed by atoms with van der Waals surface area (Å²) in [5.74, 6) is -0.674. The Morgan fingerprint density at radius 1 is 0.938 bits per heavy atom. The first-order chi connectivity index (χ1) is 15.7. The van der Waals surface area contributed by atoms with Crippen molar-refractivity contribution in [1.82, 2.24) is 15.2 Å². The summed E-state index contributed by atoms with van der Waals surface area (Å²) < 4.78 is 5.05. The third-order valence-electron chi connectivity index (χ3n) is 5.11. The first kappa shape index (κ1) is 20.1. The maximum Gasteiger partial charge on any atom is 0.340 e. The van der Waals surface area contributed by atoms with E-state index in [1.165, 1.54) is 11.8 Å². The molecule has 0 saturated heterocycles. The molecule has 1 aliphatic rings. The third kappa shape index (κ3) is 3.58. The predicted octanol–water partition coefficient (Wildman–Crippen LogP) is 4.58. The number of para-hydroxylation sites is 1. The van der Waals surface area contributed by atoms with Crippen LogP contribution in [-0.2, 0) is 9.53 Å². The van der Waals surface area contributed by atoms with Crippen LogP contribution in [0.4, 0.5) is 5.69 Å². The van der Waals surface area contributed by atoms with Gasteiger partial charge in [-0.05, 0) is 24.4 Å². The molecule has 3 aromatic carbocycles. The minimum Gasteiger partial charge on any atom is -0.462 e. The van der Waals surface area contributed by atoms with E-state index in [0.717, 1.165) is 33.3 Å². The molecule has 5 rings (SSSR count). The number of esters is 1. The van der Waals surface area contributed by atoms with E-state index in [4.69, 9.17) is 4.74 Å². The number of thioether (sulfide) groups is 1. The van der Waals surface area contributed by atoms with Gasteiger partial charge in [0.1, 0.15) is 11.4 Å². The number of anilines is 1. The van der Waals surface area contributed by atoms with E-state index in [0.29, 0.717) is 16.4 Å². The standard InChI is InChI=1S/C24H18N4O3S/c1-2-31-23(30)15-9-3-4-12-18(15)25-19(29)13-32-24-26-21-16-10-5-7-14-8-6-11-17(20(14)16)22(21)27-28-24/h3-12H,2,13H2,1H3,(H,25,29). The monoisotopic (exact) mass is 442 g/mol. The van der Waals surface area contributed by atoms with Gasteiger partial charge in [-0.1, -0.05) is 60.3 Å². The smallest absolute Gasteiger partial charge is 0.340 e. The Morgan fingerprint density at radius 2 is 1.69 bits per heavy atom. The molecule has 7 nitrogen and oxygen atoms in total.